The van der Waals surface area contributed by atoms with E-state index < -0.39 is 0 Å². The molecule has 0 saturated carbocycles. The van der Waals surface area contributed by atoms with Gasteiger partial charge in [-0.2, -0.15) is 0 Å². The molecule has 0 bridgehead atoms. The largest absolute Gasteiger partial charge is 0.377 e. The highest BCUT2D eigenvalue weighted by Gasteiger charge is 2.38. The minimum Gasteiger partial charge on any atom is -0.377 e. The van der Waals surface area contributed by atoms with Crippen LogP contribution in [0.2, 0.25) is 0 Å². The van der Waals surface area contributed by atoms with Crippen LogP contribution in [0.1, 0.15) is 53.9 Å². The lowest BCUT2D eigenvalue weighted by atomic mass is 9.99. The fourth-order valence-electron chi connectivity index (χ4n) is 2.57. The zero-order valence-corrected chi connectivity index (χ0v) is 12.6. The first-order valence-corrected chi connectivity index (χ1v) is 7.38. The predicted octanol–water partition coefficient (Wildman–Crippen LogP) is 2.88. The molecule has 3 nitrogen and oxygen atoms in total. The van der Waals surface area contributed by atoms with Gasteiger partial charge in [0.15, 0.2) is 5.78 Å². The number of hydrogen-bond acceptors (Lipinski definition) is 3. The first kappa shape index (κ1) is 15.6. The van der Waals surface area contributed by atoms with Crippen molar-refractivity contribution in [1.29, 1.82) is 0 Å². The third kappa shape index (κ3) is 4.06. The Morgan fingerprint density at radius 1 is 1.33 bits per heavy atom. The number of carbonyl (C=O) groups is 1. The predicted molar refractivity (Wildman–Crippen MR) is 74.7 cm³/mol. The summed E-state index contributed by atoms with van der Waals surface area (Å²) in [7, 11) is 0. The molecule has 1 saturated heterocycles. The minimum absolute atomic E-state index is 0.0663. The lowest BCUT2D eigenvalue weighted by Crippen LogP contribution is -2.42. The number of hydrogen-bond donors (Lipinski definition) is 0. The van der Waals surface area contributed by atoms with Crippen LogP contribution in [-0.4, -0.2) is 42.0 Å². The highest BCUT2D eigenvalue weighted by Crippen LogP contribution is 2.25. The molecule has 0 aromatic heterocycles. The Bertz CT molecular complexity index is 263. The smallest absolute Gasteiger partial charge is 0.152 e. The summed E-state index contributed by atoms with van der Waals surface area (Å²) in [6, 6.07) is 0.481. The molecule has 0 radical (unpaired) electrons. The standard InChI is InChI=1S/C15H29NO2/c1-6-7-8-18-13-9-14(15(17)11(2)3)16(10-13)12(4)5/h11-14H,6-10H2,1-5H3/t13-,14+/m1/s1. The van der Waals surface area contributed by atoms with Gasteiger partial charge >= 0.3 is 0 Å². The number of ketones is 1. The van der Waals surface area contributed by atoms with Crippen molar-refractivity contribution < 1.29 is 9.53 Å². The Morgan fingerprint density at radius 2 is 2.00 bits per heavy atom. The topological polar surface area (TPSA) is 29.5 Å². The second-order valence-electron chi connectivity index (χ2n) is 5.95. The zero-order chi connectivity index (χ0) is 13.7. The van der Waals surface area contributed by atoms with Crippen molar-refractivity contribution in [2.75, 3.05) is 13.2 Å². The van der Waals surface area contributed by atoms with E-state index in [1.165, 1.54) is 0 Å². The molecule has 1 fully saturated rings. The SMILES string of the molecule is CCCCO[C@@H]1C[C@@H](C(=O)C(C)C)N(C(C)C)C1. The van der Waals surface area contributed by atoms with Crippen LogP contribution in [0.5, 0.6) is 0 Å². The van der Waals surface area contributed by atoms with Gasteiger partial charge in [-0.25, -0.2) is 0 Å². The Labute approximate surface area is 112 Å². The second kappa shape index (κ2) is 7.25. The average molecular weight is 255 g/mol. The van der Waals surface area contributed by atoms with Crippen molar-refractivity contribution in [3.8, 4) is 0 Å². The number of likely N-dealkylation sites (tertiary alicyclic amines) is 1. The summed E-state index contributed by atoms with van der Waals surface area (Å²) in [6.45, 7) is 12.2. The number of rotatable bonds is 7. The van der Waals surface area contributed by atoms with Gasteiger partial charge in [0.1, 0.15) is 0 Å². The lowest BCUT2D eigenvalue weighted by molar-refractivity contribution is -0.126. The van der Waals surface area contributed by atoms with Crippen LogP contribution in [0.25, 0.3) is 0 Å². The fourth-order valence-corrected chi connectivity index (χ4v) is 2.57. The van der Waals surface area contributed by atoms with E-state index in [4.69, 9.17) is 4.74 Å². The van der Waals surface area contributed by atoms with E-state index in [1.807, 2.05) is 13.8 Å². The van der Waals surface area contributed by atoms with E-state index >= 15 is 0 Å². The van der Waals surface area contributed by atoms with Gasteiger partial charge in [0, 0.05) is 25.1 Å². The first-order chi connectivity index (χ1) is 8.47. The highest BCUT2D eigenvalue weighted by molar-refractivity contribution is 5.86. The lowest BCUT2D eigenvalue weighted by Gasteiger charge is -2.27. The van der Waals surface area contributed by atoms with Gasteiger partial charge in [-0.15, -0.1) is 0 Å². The molecule has 1 aliphatic rings. The average Bonchev–Trinajstić information content (AvgIpc) is 2.72. The van der Waals surface area contributed by atoms with Crippen molar-refractivity contribution in [2.24, 2.45) is 5.92 Å². The van der Waals surface area contributed by atoms with E-state index in [2.05, 4.69) is 25.7 Å². The Kier molecular flexibility index (Phi) is 6.30. The summed E-state index contributed by atoms with van der Waals surface area (Å²) in [5.74, 6) is 0.482. The summed E-state index contributed by atoms with van der Waals surface area (Å²) in [6.07, 6.45) is 3.39. The molecule has 0 N–H and O–H groups in total. The van der Waals surface area contributed by atoms with Crippen molar-refractivity contribution >= 4 is 5.78 Å². The van der Waals surface area contributed by atoms with Crippen molar-refractivity contribution in [1.82, 2.24) is 4.90 Å². The van der Waals surface area contributed by atoms with Gasteiger partial charge in [-0.1, -0.05) is 27.2 Å². The van der Waals surface area contributed by atoms with E-state index in [-0.39, 0.29) is 18.1 Å². The molecule has 0 aromatic carbocycles. The molecule has 1 aliphatic heterocycles. The molecule has 0 unspecified atom stereocenters. The molecule has 2 atom stereocenters. The van der Waals surface area contributed by atoms with Crippen molar-refractivity contribution in [2.45, 2.75) is 72.1 Å². The molecule has 3 heteroatoms. The van der Waals surface area contributed by atoms with Crippen molar-refractivity contribution in [3.63, 3.8) is 0 Å². The number of unbranched alkanes of at least 4 members (excludes halogenated alkanes) is 1. The highest BCUT2D eigenvalue weighted by atomic mass is 16.5. The quantitative estimate of drug-likeness (QED) is 0.655. The van der Waals surface area contributed by atoms with Gasteiger partial charge in [-0.05, 0) is 26.7 Å². The van der Waals surface area contributed by atoms with Crippen LogP contribution in [0.3, 0.4) is 0 Å². The molecule has 0 aliphatic carbocycles. The molecule has 0 aromatic rings. The maximum atomic E-state index is 12.2. The molecule has 0 spiro atoms. The van der Waals surface area contributed by atoms with Crippen LogP contribution in [0.4, 0.5) is 0 Å². The van der Waals surface area contributed by atoms with Gasteiger partial charge in [0.05, 0.1) is 12.1 Å². The Balaban J connectivity index is 2.57. The summed E-state index contributed by atoms with van der Waals surface area (Å²) >= 11 is 0. The minimum atomic E-state index is 0.0663. The third-order valence-corrected chi connectivity index (χ3v) is 3.71. The maximum Gasteiger partial charge on any atom is 0.152 e. The molecular weight excluding hydrogens is 226 g/mol. The van der Waals surface area contributed by atoms with Gasteiger partial charge in [-0.3, -0.25) is 9.69 Å². The summed E-state index contributed by atoms with van der Waals surface area (Å²) < 4.78 is 5.89. The number of ether oxygens (including phenoxy) is 1. The number of nitrogens with zero attached hydrogens (tertiary/aromatic N) is 1. The van der Waals surface area contributed by atoms with E-state index in [1.54, 1.807) is 0 Å². The second-order valence-corrected chi connectivity index (χ2v) is 5.95. The van der Waals surface area contributed by atoms with Gasteiger partial charge in [0.2, 0.25) is 0 Å². The van der Waals surface area contributed by atoms with Gasteiger partial charge < -0.3 is 4.74 Å². The maximum absolute atomic E-state index is 12.2. The number of Topliss-reactive ketones (excluding diaryl/α,β-unsaturated/α-hetero) is 1. The summed E-state index contributed by atoms with van der Waals surface area (Å²) in [5, 5.41) is 0. The fraction of sp³-hybridized carbons (Fsp3) is 0.933. The van der Waals surface area contributed by atoms with Crippen LogP contribution in [-0.2, 0) is 9.53 Å². The molecule has 1 rings (SSSR count). The van der Waals surface area contributed by atoms with Crippen LogP contribution < -0.4 is 0 Å². The number of carbonyl (C=O) groups excluding carboxylic acids is 1. The summed E-state index contributed by atoms with van der Waals surface area (Å²) in [4.78, 5) is 14.5. The molecule has 18 heavy (non-hydrogen) atoms. The van der Waals surface area contributed by atoms with E-state index in [9.17, 15) is 4.79 Å². The van der Waals surface area contributed by atoms with E-state index in [0.29, 0.717) is 11.8 Å². The normalized spacial score (nSPS) is 25.3. The Hall–Kier alpha value is -0.410. The molecule has 1 heterocycles. The Morgan fingerprint density at radius 3 is 2.50 bits per heavy atom. The first-order valence-electron chi connectivity index (χ1n) is 7.38. The van der Waals surface area contributed by atoms with Gasteiger partial charge in [0.25, 0.3) is 0 Å². The molecule has 0 amide bonds. The molecule has 106 valence electrons. The van der Waals surface area contributed by atoms with Crippen LogP contribution in [0.15, 0.2) is 0 Å². The van der Waals surface area contributed by atoms with E-state index in [0.717, 1.165) is 32.4 Å². The monoisotopic (exact) mass is 255 g/mol. The van der Waals surface area contributed by atoms with Crippen LogP contribution in [0, 0.1) is 5.92 Å². The zero-order valence-electron chi connectivity index (χ0n) is 12.6. The molecular formula is C15H29NO2. The van der Waals surface area contributed by atoms with Crippen LogP contribution >= 0.6 is 0 Å². The summed E-state index contributed by atoms with van der Waals surface area (Å²) in [5.41, 5.74) is 0. The van der Waals surface area contributed by atoms with Crippen molar-refractivity contribution in [3.05, 3.63) is 0 Å². The third-order valence-electron chi connectivity index (χ3n) is 3.71.